The normalized spacial score (nSPS) is 24.7. The van der Waals surface area contributed by atoms with Crippen LogP contribution in [0.2, 0.25) is 0 Å². The number of amides is 10. The highest BCUT2D eigenvalue weighted by atomic mass is 16.4. The van der Waals surface area contributed by atoms with Crippen molar-refractivity contribution < 1.29 is 82.8 Å². The first-order chi connectivity index (χ1) is 36.8. The number of hydrogen-bond acceptors (Lipinski definition) is 16. The summed E-state index contributed by atoms with van der Waals surface area (Å²) < 4.78 is 0. The summed E-state index contributed by atoms with van der Waals surface area (Å²) >= 11 is 0. The number of carbonyl (C=O) groups excluding carboxylic acids is 10. The Morgan fingerprint density at radius 2 is 0.885 bits per heavy atom. The van der Waals surface area contributed by atoms with E-state index >= 15 is 0 Å². The van der Waals surface area contributed by atoms with Crippen molar-refractivity contribution in [3.05, 3.63) is 35.9 Å². The Morgan fingerprint density at radius 3 is 1.32 bits per heavy atom. The van der Waals surface area contributed by atoms with Crippen molar-refractivity contribution in [2.45, 2.75) is 153 Å². The number of benzene rings is 1. The van der Waals surface area contributed by atoms with E-state index in [0.29, 0.717) is 12.0 Å². The minimum absolute atomic E-state index is 0.113. The minimum Gasteiger partial charge on any atom is -0.481 e. The Balaban J connectivity index is 2.82. The molecule has 2 rings (SSSR count). The van der Waals surface area contributed by atoms with Crippen LogP contribution < -0.4 is 64.6 Å². The molecule has 0 aromatic heterocycles. The summed E-state index contributed by atoms with van der Waals surface area (Å²) in [6.07, 6.45) is -2.63. The van der Waals surface area contributed by atoms with Gasteiger partial charge in [-0.25, -0.2) is 0 Å². The van der Waals surface area contributed by atoms with E-state index in [-0.39, 0.29) is 58.0 Å². The lowest BCUT2D eigenvalue weighted by Crippen LogP contribution is -2.62. The summed E-state index contributed by atoms with van der Waals surface area (Å²) in [5.41, 5.74) is 11.8. The zero-order chi connectivity index (χ0) is 58.6. The van der Waals surface area contributed by atoms with Gasteiger partial charge in [-0.1, -0.05) is 64.4 Å². The lowest BCUT2D eigenvalue weighted by molar-refractivity contribution is -0.144. The fourth-order valence-electron chi connectivity index (χ4n) is 7.82. The van der Waals surface area contributed by atoms with Gasteiger partial charge in [-0.2, -0.15) is 0 Å². The lowest BCUT2D eigenvalue weighted by atomic mass is 9.95. The molecular weight excluding hydrogens is 1030 g/mol. The smallest absolute Gasteiger partial charge is 0.305 e. The van der Waals surface area contributed by atoms with Gasteiger partial charge in [0.2, 0.25) is 59.1 Å². The zero-order valence-corrected chi connectivity index (χ0v) is 44.1. The van der Waals surface area contributed by atoms with E-state index in [9.17, 15) is 82.8 Å². The molecule has 1 aromatic carbocycles. The maximum atomic E-state index is 14.4. The van der Waals surface area contributed by atoms with Crippen molar-refractivity contribution in [3.63, 3.8) is 0 Å². The number of nitrogens with one attached hydrogen (secondary N) is 10. The van der Waals surface area contributed by atoms with Crippen LogP contribution in [-0.2, 0) is 68.7 Å². The van der Waals surface area contributed by atoms with Crippen LogP contribution >= 0.6 is 0 Å². The quantitative estimate of drug-likeness (QED) is 0.0544. The van der Waals surface area contributed by atoms with E-state index < -0.39 is 176 Å². The van der Waals surface area contributed by atoms with Gasteiger partial charge in [0.1, 0.15) is 54.4 Å². The first-order valence-corrected chi connectivity index (χ1v) is 25.6. The fraction of sp³-hybridized carbons (Fsp3) is 0.612. The van der Waals surface area contributed by atoms with E-state index in [1.807, 2.05) is 0 Å². The molecule has 0 bridgehead atoms. The topological polar surface area (TPSA) is 475 Å². The third-order valence-electron chi connectivity index (χ3n) is 12.4. The first-order valence-electron chi connectivity index (χ1n) is 25.6. The summed E-state index contributed by atoms with van der Waals surface area (Å²) in [5, 5.41) is 62.8. The summed E-state index contributed by atoms with van der Waals surface area (Å²) in [6, 6.07) is -7.05. The van der Waals surface area contributed by atoms with Gasteiger partial charge < -0.3 is 85.1 Å². The molecular formula is C49H76N12O17. The molecule has 1 aliphatic rings. The second kappa shape index (κ2) is 34.1. The van der Waals surface area contributed by atoms with Gasteiger partial charge in [0.25, 0.3) is 0 Å². The lowest BCUT2D eigenvalue weighted by Gasteiger charge is -2.30. The predicted molar refractivity (Wildman–Crippen MR) is 274 cm³/mol. The number of aliphatic carboxylic acids is 3. The van der Waals surface area contributed by atoms with Crippen LogP contribution in [0.4, 0.5) is 0 Å². The maximum Gasteiger partial charge on any atom is 0.305 e. The van der Waals surface area contributed by atoms with Crippen molar-refractivity contribution in [1.82, 2.24) is 53.2 Å². The third kappa shape index (κ3) is 23.2. The molecule has 0 spiro atoms. The molecule has 29 heteroatoms. The van der Waals surface area contributed by atoms with Gasteiger partial charge in [-0.3, -0.25) is 62.3 Å². The molecule has 78 heavy (non-hydrogen) atoms. The summed E-state index contributed by atoms with van der Waals surface area (Å²) in [6.45, 7) is 4.51. The Bertz CT molecular complexity index is 2270. The fourth-order valence-corrected chi connectivity index (χ4v) is 7.82. The highest BCUT2D eigenvalue weighted by Gasteiger charge is 2.38. The SMILES string of the molecule is CC[C@H](C)[C@@H]1NC(=O)[C@H](C(C)C)NC(=O)[C@H](Cc2ccccc2)NC(=O)[C@H](CCCCN)NC(=O)[C@H](CC(=O)O)NC(=O)CNC(=O)[C@H](CO)NC(=O)[C@H](CCCCN)NC(=O)[C@H](CC(=O)O)NC(=O)[C@H](CC(=O)O)NC1=O. The van der Waals surface area contributed by atoms with Crippen LogP contribution in [0.5, 0.6) is 0 Å². The molecule has 0 aliphatic carbocycles. The molecule has 1 heterocycles. The number of aliphatic hydroxyl groups excluding tert-OH is 1. The molecule has 10 amide bonds. The van der Waals surface area contributed by atoms with Crippen LogP contribution in [0.15, 0.2) is 30.3 Å². The van der Waals surface area contributed by atoms with Crippen LogP contribution in [0.1, 0.15) is 97.5 Å². The van der Waals surface area contributed by atoms with E-state index in [4.69, 9.17) is 11.5 Å². The number of carboxylic acid groups (broad SMARTS) is 3. The maximum absolute atomic E-state index is 14.4. The molecule has 1 fully saturated rings. The second-order valence-electron chi connectivity index (χ2n) is 19.0. The summed E-state index contributed by atoms with van der Waals surface area (Å²) in [4.78, 5) is 175. The average molecular weight is 1110 g/mol. The zero-order valence-electron chi connectivity index (χ0n) is 44.1. The molecule has 0 radical (unpaired) electrons. The van der Waals surface area contributed by atoms with Crippen molar-refractivity contribution >= 4 is 77.0 Å². The van der Waals surface area contributed by atoms with E-state index in [2.05, 4.69) is 53.2 Å². The standard InChI is InChI=1S/C49H76N12O17/c1-5-26(4)40-49(78)58-33(22-38(68)69)46(75)57-32(21-37(66)67)45(74)55-29(16-10-12-18-51)43(72)59-34(24-62)41(70)52-23-35(63)53-31(20-36(64)65)44(73)54-28(15-9-11-17-50)42(71)56-30(19-27-13-7-6-8-14-27)47(76)60-39(25(2)3)48(77)61-40/h6-8,13-14,25-26,28-34,39-40,62H,5,9-12,15-24,50-51H2,1-4H3,(H,52,70)(H,53,63)(H,54,73)(H,55,74)(H,56,71)(H,57,75)(H,58,78)(H,59,72)(H,60,76)(H,61,77)(H,64,65)(H,66,67)(H,68,69)/t26-,28-,29-,30-,31-,32-,33-,34-,39-,40-/m0/s1. The Labute approximate surface area is 450 Å². The summed E-state index contributed by atoms with van der Waals surface area (Å²) in [5.74, 6) is -17.6. The molecule has 10 atom stereocenters. The van der Waals surface area contributed by atoms with E-state index in [1.165, 1.54) is 0 Å². The number of nitrogens with two attached hydrogens (primary N) is 2. The molecule has 1 aromatic rings. The van der Waals surface area contributed by atoms with E-state index in [1.54, 1.807) is 58.0 Å². The van der Waals surface area contributed by atoms with Crippen molar-refractivity contribution in [1.29, 1.82) is 0 Å². The molecule has 0 saturated carbocycles. The number of unbranched alkanes of at least 4 members (excludes halogenated alkanes) is 2. The van der Waals surface area contributed by atoms with Gasteiger partial charge in [0, 0.05) is 6.42 Å². The van der Waals surface area contributed by atoms with Crippen molar-refractivity contribution in [2.75, 3.05) is 26.2 Å². The minimum atomic E-state index is -2.05. The Morgan fingerprint density at radius 1 is 0.500 bits per heavy atom. The first kappa shape index (κ1) is 66.3. The van der Waals surface area contributed by atoms with Gasteiger partial charge in [-0.05, 0) is 69.0 Å². The number of hydrogen-bond donors (Lipinski definition) is 16. The highest BCUT2D eigenvalue weighted by Crippen LogP contribution is 2.14. The monoisotopic (exact) mass is 1100 g/mol. The van der Waals surface area contributed by atoms with E-state index in [0.717, 1.165) is 0 Å². The highest BCUT2D eigenvalue weighted by molar-refractivity contribution is 6.00. The number of carbonyl (C=O) groups is 13. The summed E-state index contributed by atoms with van der Waals surface area (Å²) in [7, 11) is 0. The van der Waals surface area contributed by atoms with Crippen LogP contribution in [0.3, 0.4) is 0 Å². The van der Waals surface area contributed by atoms with Gasteiger partial charge in [-0.15, -0.1) is 0 Å². The van der Waals surface area contributed by atoms with Gasteiger partial charge in [0.05, 0.1) is 32.4 Å². The Hall–Kier alpha value is -7.79. The molecule has 29 nitrogen and oxygen atoms in total. The van der Waals surface area contributed by atoms with Crippen LogP contribution in [-0.4, -0.2) is 178 Å². The van der Waals surface area contributed by atoms with Crippen molar-refractivity contribution in [3.8, 4) is 0 Å². The number of rotatable bonds is 20. The Kier molecular flexibility index (Phi) is 29.0. The molecule has 18 N–H and O–H groups in total. The van der Waals surface area contributed by atoms with Gasteiger partial charge >= 0.3 is 17.9 Å². The predicted octanol–water partition coefficient (Wildman–Crippen LogP) is -4.90. The molecule has 1 saturated heterocycles. The molecule has 434 valence electrons. The molecule has 0 unspecified atom stereocenters. The molecule has 1 aliphatic heterocycles. The van der Waals surface area contributed by atoms with Crippen LogP contribution in [0, 0.1) is 11.8 Å². The number of aliphatic hydroxyl groups is 1. The largest absolute Gasteiger partial charge is 0.481 e. The average Bonchev–Trinajstić information content (AvgIpc) is 3.37. The van der Waals surface area contributed by atoms with Crippen molar-refractivity contribution in [2.24, 2.45) is 23.3 Å². The third-order valence-corrected chi connectivity index (χ3v) is 12.4. The number of carboxylic acids is 3. The van der Waals surface area contributed by atoms with Crippen LogP contribution in [0.25, 0.3) is 0 Å². The van der Waals surface area contributed by atoms with Gasteiger partial charge in [0.15, 0.2) is 0 Å². The second-order valence-corrected chi connectivity index (χ2v) is 19.0.